The minimum absolute atomic E-state index is 0.431. The molecule has 3 aromatic rings. The molecule has 25 heavy (non-hydrogen) atoms. The van der Waals surface area contributed by atoms with E-state index in [0.29, 0.717) is 13.2 Å². The van der Waals surface area contributed by atoms with Gasteiger partial charge in [0.25, 0.3) is 10.1 Å². The van der Waals surface area contributed by atoms with Crippen LogP contribution in [0.5, 0.6) is 5.75 Å². The topological polar surface area (TPSA) is 57.5 Å². The highest BCUT2D eigenvalue weighted by Gasteiger charge is 2.12. The van der Waals surface area contributed by atoms with E-state index in [0.717, 1.165) is 28.5 Å². The molecule has 0 aliphatic rings. The maximum Gasteiger partial charge on any atom is 0.264 e. The molecule has 0 aliphatic heterocycles. The first-order chi connectivity index (χ1) is 11.9. The summed E-state index contributed by atoms with van der Waals surface area (Å²) in [4.78, 5) is 0. The van der Waals surface area contributed by atoms with Gasteiger partial charge in [-0.15, -0.1) is 0 Å². The fourth-order valence-electron chi connectivity index (χ4n) is 2.77. The van der Waals surface area contributed by atoms with Crippen LogP contribution in [0.3, 0.4) is 0 Å². The Morgan fingerprint density at radius 3 is 2.56 bits per heavy atom. The van der Waals surface area contributed by atoms with Crippen molar-refractivity contribution in [2.45, 2.75) is 26.2 Å². The molecule has 0 unspecified atom stereocenters. The molecule has 1 aromatic heterocycles. The molecule has 132 valence electrons. The molecule has 3 rings (SSSR count). The van der Waals surface area contributed by atoms with Gasteiger partial charge in [0.05, 0.1) is 18.9 Å². The molecule has 2 aromatic carbocycles. The maximum absolute atomic E-state index is 11.2. The monoisotopic (exact) mass is 359 g/mol. The maximum atomic E-state index is 11.2. The van der Waals surface area contributed by atoms with Crippen molar-refractivity contribution in [1.29, 1.82) is 0 Å². The van der Waals surface area contributed by atoms with Crippen LogP contribution in [0.25, 0.3) is 10.9 Å². The second kappa shape index (κ2) is 7.29. The van der Waals surface area contributed by atoms with Crippen LogP contribution < -0.4 is 4.74 Å². The van der Waals surface area contributed by atoms with Crippen molar-refractivity contribution in [3.8, 4) is 5.75 Å². The standard InChI is InChI=1S/C19H21NO4S/c1-15(24-25(2,21)22)13-20-11-10-17-12-18(8-9-19(17)20)23-14-16-6-4-3-5-7-16/h3-12,15H,13-14H2,1-2H3/t15-/m0/s1. The van der Waals surface area contributed by atoms with Gasteiger partial charge in [0.15, 0.2) is 0 Å². The molecule has 0 spiro atoms. The van der Waals surface area contributed by atoms with Crippen LogP contribution in [0.1, 0.15) is 12.5 Å². The average molecular weight is 359 g/mol. The molecule has 0 saturated carbocycles. The Labute approximate surface area is 147 Å². The zero-order valence-corrected chi connectivity index (χ0v) is 15.1. The Morgan fingerprint density at radius 2 is 1.84 bits per heavy atom. The number of fused-ring (bicyclic) bond motifs is 1. The lowest BCUT2D eigenvalue weighted by atomic mass is 10.2. The number of ether oxygens (including phenoxy) is 1. The zero-order chi connectivity index (χ0) is 17.9. The molecule has 6 heteroatoms. The van der Waals surface area contributed by atoms with E-state index < -0.39 is 16.2 Å². The van der Waals surface area contributed by atoms with Gasteiger partial charge >= 0.3 is 0 Å². The van der Waals surface area contributed by atoms with Gasteiger partial charge in [0, 0.05) is 17.1 Å². The third kappa shape index (κ3) is 4.84. The largest absolute Gasteiger partial charge is 0.489 e. The Balaban J connectivity index is 1.70. The van der Waals surface area contributed by atoms with Crippen molar-refractivity contribution in [1.82, 2.24) is 4.57 Å². The van der Waals surface area contributed by atoms with Crippen molar-refractivity contribution >= 4 is 21.0 Å². The van der Waals surface area contributed by atoms with Crippen molar-refractivity contribution < 1.29 is 17.3 Å². The minimum atomic E-state index is -3.45. The molecule has 0 N–H and O–H groups in total. The van der Waals surface area contributed by atoms with Gasteiger partial charge in [-0.25, -0.2) is 0 Å². The molecule has 0 amide bonds. The molecule has 0 saturated heterocycles. The highest BCUT2D eigenvalue weighted by atomic mass is 32.2. The van der Waals surface area contributed by atoms with Crippen molar-refractivity contribution in [3.05, 3.63) is 66.4 Å². The van der Waals surface area contributed by atoms with Crippen molar-refractivity contribution in [2.24, 2.45) is 0 Å². The molecule has 0 aliphatic carbocycles. The van der Waals surface area contributed by atoms with Crippen molar-refractivity contribution in [2.75, 3.05) is 6.26 Å². The number of hydrogen-bond acceptors (Lipinski definition) is 4. The summed E-state index contributed by atoms with van der Waals surface area (Å²) in [7, 11) is -3.45. The first-order valence-corrected chi connectivity index (χ1v) is 9.86. The smallest absolute Gasteiger partial charge is 0.264 e. The van der Waals surface area contributed by atoms with E-state index >= 15 is 0 Å². The lowest BCUT2D eigenvalue weighted by Gasteiger charge is -2.13. The summed E-state index contributed by atoms with van der Waals surface area (Å²) in [6.07, 6.45) is 2.56. The lowest BCUT2D eigenvalue weighted by Crippen LogP contribution is -2.19. The minimum Gasteiger partial charge on any atom is -0.489 e. The normalized spacial score (nSPS) is 13.0. The average Bonchev–Trinajstić information content (AvgIpc) is 2.94. The van der Waals surface area contributed by atoms with Crippen LogP contribution in [0, 0.1) is 0 Å². The zero-order valence-electron chi connectivity index (χ0n) is 14.3. The van der Waals surface area contributed by atoms with Crippen molar-refractivity contribution in [3.63, 3.8) is 0 Å². The quantitative estimate of drug-likeness (QED) is 0.605. The van der Waals surface area contributed by atoms with Gasteiger partial charge in [0.2, 0.25) is 0 Å². The summed E-state index contributed by atoms with van der Waals surface area (Å²) in [5.74, 6) is 0.800. The summed E-state index contributed by atoms with van der Waals surface area (Å²) in [6.45, 7) is 2.72. The van der Waals surface area contributed by atoms with Crippen LogP contribution in [-0.2, 0) is 27.5 Å². The number of benzene rings is 2. The first-order valence-electron chi connectivity index (χ1n) is 8.04. The predicted octanol–water partition coefficient (Wildman–Crippen LogP) is 3.59. The summed E-state index contributed by atoms with van der Waals surface area (Å²) in [5, 5.41) is 1.04. The predicted molar refractivity (Wildman–Crippen MR) is 98.1 cm³/mol. The molecule has 1 atom stereocenters. The fourth-order valence-corrected chi connectivity index (χ4v) is 3.43. The van der Waals surface area contributed by atoms with Gasteiger partial charge in [0.1, 0.15) is 12.4 Å². The second-order valence-corrected chi connectivity index (χ2v) is 7.67. The highest BCUT2D eigenvalue weighted by molar-refractivity contribution is 7.86. The van der Waals surface area contributed by atoms with Crippen LogP contribution in [0.2, 0.25) is 0 Å². The molecule has 1 heterocycles. The Hall–Kier alpha value is -2.31. The van der Waals surface area contributed by atoms with Gasteiger partial charge in [-0.2, -0.15) is 8.42 Å². The van der Waals surface area contributed by atoms with E-state index in [9.17, 15) is 8.42 Å². The number of aromatic nitrogens is 1. The van der Waals surface area contributed by atoms with Gasteiger partial charge in [-0.3, -0.25) is 4.18 Å². The van der Waals surface area contributed by atoms with E-state index in [-0.39, 0.29) is 0 Å². The van der Waals surface area contributed by atoms with E-state index in [2.05, 4.69) is 0 Å². The molecule has 0 radical (unpaired) electrons. The highest BCUT2D eigenvalue weighted by Crippen LogP contribution is 2.23. The molecular weight excluding hydrogens is 338 g/mol. The Kier molecular flexibility index (Phi) is 5.11. The van der Waals surface area contributed by atoms with E-state index in [1.54, 1.807) is 6.92 Å². The third-order valence-electron chi connectivity index (χ3n) is 3.78. The molecular formula is C19H21NO4S. The van der Waals surface area contributed by atoms with Crippen LogP contribution >= 0.6 is 0 Å². The van der Waals surface area contributed by atoms with Crippen LogP contribution in [-0.4, -0.2) is 25.3 Å². The lowest BCUT2D eigenvalue weighted by molar-refractivity contribution is 0.211. The van der Waals surface area contributed by atoms with E-state index in [4.69, 9.17) is 8.92 Å². The van der Waals surface area contributed by atoms with Gasteiger partial charge < -0.3 is 9.30 Å². The second-order valence-electron chi connectivity index (χ2n) is 6.07. The molecule has 0 fully saturated rings. The van der Waals surface area contributed by atoms with Crippen LogP contribution in [0.4, 0.5) is 0 Å². The first kappa shape index (κ1) is 17.5. The summed E-state index contributed by atoms with van der Waals surface area (Å²) < 4.78 is 35.3. The number of nitrogens with zero attached hydrogens (tertiary/aromatic N) is 1. The Morgan fingerprint density at radius 1 is 1.08 bits per heavy atom. The number of hydrogen-bond donors (Lipinski definition) is 0. The SMILES string of the molecule is C[C@@H](Cn1ccc2cc(OCc3ccccc3)ccc21)OS(C)(=O)=O. The fraction of sp³-hybridized carbons (Fsp3) is 0.263. The summed E-state index contributed by atoms with van der Waals surface area (Å²) in [6, 6.07) is 17.9. The van der Waals surface area contributed by atoms with E-state index in [1.165, 1.54) is 0 Å². The Bertz CT molecular complexity index is 948. The summed E-state index contributed by atoms with van der Waals surface area (Å²) in [5.41, 5.74) is 2.13. The summed E-state index contributed by atoms with van der Waals surface area (Å²) >= 11 is 0. The third-order valence-corrected chi connectivity index (χ3v) is 4.46. The number of rotatable bonds is 7. The molecule has 0 bridgehead atoms. The molecule has 5 nitrogen and oxygen atoms in total. The van der Waals surface area contributed by atoms with Gasteiger partial charge in [-0.05, 0) is 36.8 Å². The van der Waals surface area contributed by atoms with E-state index in [1.807, 2.05) is 65.4 Å². The van der Waals surface area contributed by atoms with Gasteiger partial charge in [-0.1, -0.05) is 30.3 Å². The van der Waals surface area contributed by atoms with Crippen LogP contribution in [0.15, 0.2) is 60.8 Å².